The molecule has 5 nitrogen and oxygen atoms in total. The predicted molar refractivity (Wildman–Crippen MR) is 184 cm³/mol. The van der Waals surface area contributed by atoms with Crippen LogP contribution >= 0.6 is 0 Å². The average Bonchev–Trinajstić information content (AvgIpc) is 2.87. The molecular formula is C38H68N4O. The molecule has 1 aromatic carbocycles. The highest BCUT2D eigenvalue weighted by Gasteiger charge is 2.36. The monoisotopic (exact) mass is 597 g/mol. The molecule has 0 aromatic heterocycles. The van der Waals surface area contributed by atoms with Gasteiger partial charge in [-0.15, -0.1) is 0 Å². The van der Waals surface area contributed by atoms with Crippen molar-refractivity contribution in [1.29, 1.82) is 0 Å². The lowest BCUT2D eigenvalue weighted by Crippen LogP contribution is -2.58. The number of benzene rings is 1. The van der Waals surface area contributed by atoms with Crippen LogP contribution in [0.3, 0.4) is 0 Å². The number of rotatable bonds is 11. The molecule has 0 spiro atoms. The number of ether oxygens (including phenoxy) is 1. The van der Waals surface area contributed by atoms with E-state index in [0.29, 0.717) is 29.1 Å². The molecule has 2 atom stereocenters. The van der Waals surface area contributed by atoms with Crippen molar-refractivity contribution in [2.24, 2.45) is 10.8 Å². The molecule has 0 amide bonds. The Morgan fingerprint density at radius 2 is 1.37 bits per heavy atom. The molecule has 3 fully saturated rings. The van der Waals surface area contributed by atoms with Crippen molar-refractivity contribution in [3.63, 3.8) is 0 Å². The van der Waals surface area contributed by atoms with E-state index >= 15 is 0 Å². The molecule has 3 aliphatic rings. The Labute approximate surface area is 266 Å². The quantitative estimate of drug-likeness (QED) is 0.284. The first kappa shape index (κ1) is 34.7. The summed E-state index contributed by atoms with van der Waals surface area (Å²) >= 11 is 0. The van der Waals surface area contributed by atoms with Crippen LogP contribution in [0.4, 0.5) is 0 Å². The molecule has 2 heterocycles. The summed E-state index contributed by atoms with van der Waals surface area (Å²) in [6.45, 7) is 33.6. The van der Waals surface area contributed by atoms with E-state index in [1.165, 1.54) is 70.5 Å². The van der Waals surface area contributed by atoms with Crippen LogP contribution in [-0.2, 0) is 6.42 Å². The fourth-order valence-corrected chi connectivity index (χ4v) is 7.74. The molecule has 5 heteroatoms. The van der Waals surface area contributed by atoms with Crippen LogP contribution in [0.1, 0.15) is 120 Å². The van der Waals surface area contributed by atoms with Gasteiger partial charge in [-0.3, -0.25) is 9.80 Å². The van der Waals surface area contributed by atoms with Crippen molar-refractivity contribution in [2.45, 2.75) is 156 Å². The summed E-state index contributed by atoms with van der Waals surface area (Å²) in [7, 11) is 0. The van der Waals surface area contributed by atoms with E-state index in [1.54, 1.807) is 0 Å². The highest BCUT2D eigenvalue weighted by atomic mass is 16.5. The van der Waals surface area contributed by atoms with E-state index in [-0.39, 0.29) is 11.0 Å². The van der Waals surface area contributed by atoms with Crippen LogP contribution in [0.2, 0.25) is 0 Å². The minimum atomic E-state index is 0.178. The second kappa shape index (κ2) is 13.7. The van der Waals surface area contributed by atoms with Crippen molar-refractivity contribution in [3.8, 4) is 5.75 Å². The topological polar surface area (TPSA) is 31.0 Å². The number of piperazine rings is 1. The summed E-state index contributed by atoms with van der Waals surface area (Å²) < 4.78 is 6.26. The van der Waals surface area contributed by atoms with Gasteiger partial charge >= 0.3 is 0 Å². The minimum absolute atomic E-state index is 0.178. The Balaban J connectivity index is 1.17. The summed E-state index contributed by atoms with van der Waals surface area (Å²) in [5.74, 6) is 1.02. The number of hydrogen-bond acceptors (Lipinski definition) is 5. The van der Waals surface area contributed by atoms with Crippen LogP contribution < -0.4 is 10.1 Å². The first-order valence-electron chi connectivity index (χ1n) is 17.6. The first-order valence-corrected chi connectivity index (χ1v) is 17.6. The van der Waals surface area contributed by atoms with E-state index in [2.05, 4.69) is 120 Å². The minimum Gasteiger partial charge on any atom is -0.490 e. The third kappa shape index (κ3) is 10.7. The van der Waals surface area contributed by atoms with Crippen molar-refractivity contribution >= 4 is 0 Å². The lowest BCUT2D eigenvalue weighted by molar-refractivity contribution is 0.00379. The predicted octanol–water partition coefficient (Wildman–Crippen LogP) is 7.63. The first-order chi connectivity index (χ1) is 19.9. The Kier molecular flexibility index (Phi) is 11.1. The van der Waals surface area contributed by atoms with Gasteiger partial charge in [-0.2, -0.15) is 0 Å². The molecule has 1 saturated carbocycles. The maximum Gasteiger partial charge on any atom is 0.119 e. The zero-order valence-corrected chi connectivity index (χ0v) is 30.1. The lowest BCUT2D eigenvalue weighted by atomic mass is 9.75. The van der Waals surface area contributed by atoms with Gasteiger partial charge in [-0.1, -0.05) is 39.8 Å². The lowest BCUT2D eigenvalue weighted by Gasteiger charge is -2.48. The highest BCUT2D eigenvalue weighted by Crippen LogP contribution is 2.36. The number of likely N-dealkylation sites (tertiary alicyclic amines) is 1. The van der Waals surface area contributed by atoms with Gasteiger partial charge < -0.3 is 15.0 Å². The van der Waals surface area contributed by atoms with Crippen LogP contribution in [0, 0.1) is 10.8 Å². The zero-order valence-electron chi connectivity index (χ0n) is 30.1. The summed E-state index contributed by atoms with van der Waals surface area (Å²) in [6.07, 6.45) is 8.86. The molecular weight excluding hydrogens is 528 g/mol. The molecule has 246 valence electrons. The fraction of sp³-hybridized carbons (Fsp3) is 0.842. The molecule has 1 N–H and O–H groups in total. The Morgan fingerprint density at radius 1 is 0.767 bits per heavy atom. The summed E-state index contributed by atoms with van der Waals surface area (Å²) in [5, 5.41) is 3.69. The molecule has 0 bridgehead atoms. The Morgan fingerprint density at radius 3 is 1.93 bits per heavy atom. The Bertz CT molecular complexity index is 990. The van der Waals surface area contributed by atoms with Gasteiger partial charge in [0.1, 0.15) is 11.9 Å². The van der Waals surface area contributed by atoms with E-state index < -0.39 is 0 Å². The number of nitrogens with zero attached hydrogens (tertiary/aromatic N) is 3. The highest BCUT2D eigenvalue weighted by molar-refractivity contribution is 5.28. The smallest absolute Gasteiger partial charge is 0.119 e. The normalized spacial score (nSPS) is 27.2. The third-order valence-electron chi connectivity index (χ3n) is 10.5. The molecule has 4 rings (SSSR count). The summed E-state index contributed by atoms with van der Waals surface area (Å²) in [4.78, 5) is 8.26. The standard InChI is InChI=1S/C38H68N4O/c1-29-24-32(40-20-22-42(23-21-40)36(5,6)7)16-19-41(29)28-38(10,11)18-17-37(8,9)27-30-12-14-33(15-13-30)43-34-25-31(26-34)39-35(2,3)4/h12-15,29,31-32,34,39H,16-28H2,1-11H3/t29-,31-,32?,34+/m1/s1. The molecule has 2 aliphatic heterocycles. The summed E-state index contributed by atoms with van der Waals surface area (Å²) in [6, 6.07) is 11.0. The van der Waals surface area contributed by atoms with Crippen molar-refractivity contribution < 1.29 is 4.74 Å². The molecule has 1 aromatic rings. The molecule has 2 saturated heterocycles. The van der Waals surface area contributed by atoms with Crippen LogP contribution in [0.5, 0.6) is 5.75 Å². The SMILES string of the molecule is C[C@@H]1CC(N2CCN(C(C)(C)C)CC2)CCN1CC(C)(C)CCC(C)(C)Cc1ccc(O[C@H]2C[C@@H](NC(C)(C)C)C2)cc1. The maximum absolute atomic E-state index is 6.26. The van der Waals surface area contributed by atoms with Gasteiger partial charge in [-0.25, -0.2) is 0 Å². The van der Waals surface area contributed by atoms with Crippen molar-refractivity contribution in [3.05, 3.63) is 29.8 Å². The van der Waals surface area contributed by atoms with Crippen LogP contribution in [0.15, 0.2) is 24.3 Å². The average molecular weight is 597 g/mol. The fourth-order valence-electron chi connectivity index (χ4n) is 7.74. The zero-order chi connectivity index (χ0) is 31.6. The largest absolute Gasteiger partial charge is 0.490 e. The molecule has 0 radical (unpaired) electrons. The molecule has 43 heavy (non-hydrogen) atoms. The van der Waals surface area contributed by atoms with Crippen molar-refractivity contribution in [1.82, 2.24) is 20.0 Å². The van der Waals surface area contributed by atoms with Crippen LogP contribution in [0.25, 0.3) is 0 Å². The van der Waals surface area contributed by atoms with E-state index in [4.69, 9.17) is 4.74 Å². The second-order valence-corrected chi connectivity index (χ2v) is 18.1. The number of hydrogen-bond donors (Lipinski definition) is 1. The summed E-state index contributed by atoms with van der Waals surface area (Å²) in [5.41, 5.74) is 2.52. The van der Waals surface area contributed by atoms with E-state index in [0.717, 1.165) is 31.1 Å². The molecule has 1 aliphatic carbocycles. The van der Waals surface area contributed by atoms with Gasteiger partial charge in [0.15, 0.2) is 0 Å². The Hall–Kier alpha value is -1.14. The van der Waals surface area contributed by atoms with Gasteiger partial charge in [-0.05, 0) is 128 Å². The van der Waals surface area contributed by atoms with Crippen LogP contribution in [-0.4, -0.2) is 89.3 Å². The van der Waals surface area contributed by atoms with E-state index in [1.807, 2.05) is 0 Å². The van der Waals surface area contributed by atoms with E-state index in [9.17, 15) is 0 Å². The number of piperidine rings is 1. The molecule has 1 unspecified atom stereocenters. The van der Waals surface area contributed by atoms with Gasteiger partial charge in [0.25, 0.3) is 0 Å². The van der Waals surface area contributed by atoms with Gasteiger partial charge in [0.2, 0.25) is 0 Å². The second-order valence-electron chi connectivity index (χ2n) is 18.1. The third-order valence-corrected chi connectivity index (χ3v) is 10.5. The van der Waals surface area contributed by atoms with Crippen molar-refractivity contribution in [2.75, 3.05) is 39.3 Å². The van der Waals surface area contributed by atoms with Gasteiger partial charge in [0.05, 0.1) is 0 Å². The van der Waals surface area contributed by atoms with Gasteiger partial charge in [0, 0.05) is 61.9 Å². The maximum atomic E-state index is 6.26. The number of nitrogens with one attached hydrogen (secondary N) is 1.